The van der Waals surface area contributed by atoms with Crippen molar-refractivity contribution in [2.45, 2.75) is 13.8 Å². The van der Waals surface area contributed by atoms with Gasteiger partial charge in [-0.2, -0.15) is 19.9 Å². The first kappa shape index (κ1) is 80.5. The topological polar surface area (TPSA) is 128 Å². The Kier molecular flexibility index (Phi) is 19.1. The van der Waals surface area contributed by atoms with Crippen LogP contribution in [-0.4, -0.2) is 66.9 Å². The number of fused-ring (bicyclic) bond motifs is 24. The van der Waals surface area contributed by atoms with Gasteiger partial charge in [-0.3, -0.25) is 9.13 Å². The van der Waals surface area contributed by atoms with Gasteiger partial charge in [0.2, 0.25) is 11.9 Å². The molecule has 10 aromatic heterocycles. The van der Waals surface area contributed by atoms with Gasteiger partial charge >= 0.3 is 0 Å². The van der Waals surface area contributed by atoms with Crippen molar-refractivity contribution in [1.29, 1.82) is 0 Å². The third kappa shape index (κ3) is 13.4. The van der Waals surface area contributed by atoms with E-state index in [1.807, 2.05) is 121 Å². The average molecular weight is 1770 g/mol. The molecule has 29 rings (SSSR count). The van der Waals surface area contributed by atoms with E-state index >= 15 is 0 Å². The SMILES string of the molecule is Cc1ccc2c(c1)c1cc3c4ccccc4n(-c4ccccc4)c3cc1n2-c1nc(-c2ccccc2)nc(-c2ccccc2)n1.Cc1ccc2c3cc4c5ccccc5n(-c5ccccc5)c4cc3n(-c3nc(-c4ccccc4)nc(-c4ccccc4)n3)c2c1.Cn1c2ccccc2c2cc3c(cc21)[nH]c1ccccc13.Cn1c2ccccc2c2cc3c4ccccc4n(-c4ccccc4)c3cc21. The number of hydrogen-bond donors (Lipinski definition) is 1. The van der Waals surface area contributed by atoms with Crippen LogP contribution in [0.5, 0.6) is 0 Å². The van der Waals surface area contributed by atoms with Crippen LogP contribution in [-0.2, 0) is 14.1 Å². The van der Waals surface area contributed by atoms with Crippen LogP contribution in [0.15, 0.2) is 443 Å². The highest BCUT2D eigenvalue weighted by molar-refractivity contribution is 6.23. The number of aryl methyl sites for hydroxylation is 4. The predicted octanol–water partition coefficient (Wildman–Crippen LogP) is 30.8. The summed E-state index contributed by atoms with van der Waals surface area (Å²) in [5.74, 6) is 3.74. The number of para-hydroxylation sites is 9. The minimum atomic E-state index is 0.591. The van der Waals surface area contributed by atoms with Crippen molar-refractivity contribution < 1.29 is 0 Å². The van der Waals surface area contributed by atoms with Crippen molar-refractivity contribution in [2.75, 3.05) is 0 Å². The van der Waals surface area contributed by atoms with Crippen LogP contribution in [0.1, 0.15) is 11.1 Å². The summed E-state index contributed by atoms with van der Waals surface area (Å²) in [5.41, 5.74) is 28.5. The molecule has 652 valence electrons. The zero-order valence-corrected chi connectivity index (χ0v) is 76.0. The molecule has 14 heteroatoms. The third-order valence-electron chi connectivity index (χ3n) is 27.5. The summed E-state index contributed by atoms with van der Waals surface area (Å²) in [4.78, 5) is 34.0. The van der Waals surface area contributed by atoms with Crippen LogP contribution < -0.4 is 0 Å². The van der Waals surface area contributed by atoms with E-state index in [1.165, 1.54) is 147 Å². The standard InChI is InChI=1S/2C40H27N5.C25H18N2.C19H14N2/c1-26-21-22-35-31(23-26)33-24-32-30-19-11-12-20-34(30)44(29-17-9-4-10-18-29)36(32)25-37(33)45(35)40-42-38(27-13-5-2-6-14-27)41-39(43-40)28-15-7-3-8-16-28;1-26-21-22-31-33-24-32-30-19-11-12-20-34(30)44(29-17-9-4-10-18-29)36(32)25-37(33)45(35(31)23-26)40-42-38(27-13-5-2-6-14-27)41-39(43-40)28-15-7-3-8-16-28;1-26-22-13-7-5-11-18(22)20-15-21-19-12-6-8-14-23(19)27(25(21)16-24(20)26)17-9-3-2-4-10-17;1-21-18-9-5-3-7-13(18)15-10-14-12-6-2-4-8-16(12)20-17(14)11-19(15)21/h2*2-25H,1H3;2-16H,1H3;2-11,20H,1H3. The second-order valence-corrected chi connectivity index (χ2v) is 35.7. The molecule has 0 spiro atoms. The van der Waals surface area contributed by atoms with Crippen LogP contribution in [0, 0.1) is 13.8 Å². The zero-order chi connectivity index (χ0) is 91.7. The van der Waals surface area contributed by atoms with Gasteiger partial charge in [-0.05, 0) is 159 Å². The van der Waals surface area contributed by atoms with Crippen LogP contribution in [0.4, 0.5) is 0 Å². The van der Waals surface area contributed by atoms with Gasteiger partial charge < -0.3 is 27.8 Å². The molecular formula is C124H86N14. The molecule has 138 heavy (non-hydrogen) atoms. The first-order valence-electron chi connectivity index (χ1n) is 46.8. The fraction of sp³-hybridized carbons (Fsp3) is 0.0323. The van der Waals surface area contributed by atoms with Gasteiger partial charge in [0, 0.05) is 162 Å². The molecule has 0 radical (unpaired) electrons. The second-order valence-electron chi connectivity index (χ2n) is 35.7. The first-order valence-corrected chi connectivity index (χ1v) is 46.8. The second kappa shape index (κ2) is 32.8. The number of hydrogen-bond acceptors (Lipinski definition) is 6. The molecule has 0 aliphatic heterocycles. The molecule has 0 bridgehead atoms. The Labute approximate surface area is 792 Å². The van der Waals surface area contributed by atoms with Gasteiger partial charge in [-0.1, -0.05) is 309 Å². The molecule has 29 aromatic rings. The van der Waals surface area contributed by atoms with Crippen molar-refractivity contribution in [3.8, 4) is 74.5 Å². The molecule has 0 aliphatic carbocycles. The molecule has 0 unspecified atom stereocenters. The zero-order valence-electron chi connectivity index (χ0n) is 76.0. The molecule has 0 saturated heterocycles. The van der Waals surface area contributed by atoms with E-state index in [2.05, 4.69) is 386 Å². The highest BCUT2D eigenvalue weighted by atomic mass is 15.2. The van der Waals surface area contributed by atoms with E-state index in [0.29, 0.717) is 35.2 Å². The number of aromatic amines is 1. The summed E-state index contributed by atoms with van der Waals surface area (Å²) in [6.45, 7) is 4.28. The molecule has 0 atom stereocenters. The monoisotopic (exact) mass is 1770 g/mol. The number of H-pyrrole nitrogens is 1. The fourth-order valence-corrected chi connectivity index (χ4v) is 21.1. The van der Waals surface area contributed by atoms with E-state index in [4.69, 9.17) is 29.9 Å². The molecule has 14 nitrogen and oxygen atoms in total. The minimum absolute atomic E-state index is 0.591. The molecule has 0 amide bonds. The molecule has 10 heterocycles. The average Bonchev–Trinajstić information content (AvgIpc) is 1.54. The van der Waals surface area contributed by atoms with Crippen LogP contribution in [0.2, 0.25) is 0 Å². The molecule has 19 aromatic carbocycles. The number of nitrogens with zero attached hydrogens (tertiary/aromatic N) is 13. The van der Waals surface area contributed by atoms with Crippen molar-refractivity contribution in [3.05, 3.63) is 454 Å². The van der Waals surface area contributed by atoms with Crippen LogP contribution in [0.25, 0.3) is 249 Å². The Balaban J connectivity index is 0.0000000991. The van der Waals surface area contributed by atoms with Gasteiger partial charge in [0.25, 0.3) is 0 Å². The van der Waals surface area contributed by atoms with Crippen molar-refractivity contribution in [1.82, 2.24) is 66.9 Å². The van der Waals surface area contributed by atoms with Gasteiger partial charge in [0.1, 0.15) is 0 Å². The lowest BCUT2D eigenvalue weighted by Gasteiger charge is -2.11. The maximum absolute atomic E-state index is 5.14. The maximum Gasteiger partial charge on any atom is 0.238 e. The maximum atomic E-state index is 5.14. The third-order valence-corrected chi connectivity index (χ3v) is 27.5. The van der Waals surface area contributed by atoms with E-state index in [-0.39, 0.29) is 0 Å². The Morgan fingerprint density at radius 2 is 0.428 bits per heavy atom. The van der Waals surface area contributed by atoms with Crippen LogP contribution in [0.3, 0.4) is 0 Å². The summed E-state index contributed by atoms with van der Waals surface area (Å²) in [6.07, 6.45) is 0. The lowest BCUT2D eigenvalue weighted by atomic mass is 10.1. The van der Waals surface area contributed by atoms with Crippen molar-refractivity contribution in [3.63, 3.8) is 0 Å². The lowest BCUT2D eigenvalue weighted by molar-refractivity contribution is 0.953. The molecule has 0 fully saturated rings. The summed E-state index contributed by atoms with van der Waals surface area (Å²) in [6, 6.07) is 156. The van der Waals surface area contributed by atoms with E-state index < -0.39 is 0 Å². The number of nitrogens with one attached hydrogen (secondary N) is 1. The largest absolute Gasteiger partial charge is 0.354 e. The molecule has 1 N–H and O–H groups in total. The predicted molar refractivity (Wildman–Crippen MR) is 573 cm³/mol. The summed E-state index contributed by atoms with van der Waals surface area (Å²) >= 11 is 0. The normalized spacial score (nSPS) is 11.8. The fourth-order valence-electron chi connectivity index (χ4n) is 21.1. The highest BCUT2D eigenvalue weighted by Gasteiger charge is 2.26. The minimum Gasteiger partial charge on any atom is -0.354 e. The Morgan fingerprint density at radius 3 is 0.833 bits per heavy atom. The number of rotatable bonds is 9. The molecule has 0 saturated carbocycles. The first-order chi connectivity index (χ1) is 68.1. The van der Waals surface area contributed by atoms with E-state index in [0.717, 1.165) is 77.5 Å². The summed E-state index contributed by atoms with van der Waals surface area (Å²) in [5, 5.41) is 20.0. The summed E-state index contributed by atoms with van der Waals surface area (Å²) in [7, 11) is 4.30. The Bertz CT molecular complexity index is 9710. The van der Waals surface area contributed by atoms with Gasteiger partial charge in [0.15, 0.2) is 23.3 Å². The Hall–Kier alpha value is -18.4. The van der Waals surface area contributed by atoms with Gasteiger partial charge in [-0.25, -0.2) is 9.97 Å². The molecular weight excluding hydrogens is 1690 g/mol. The highest BCUT2D eigenvalue weighted by Crippen LogP contribution is 2.46. The van der Waals surface area contributed by atoms with E-state index in [9.17, 15) is 0 Å². The smallest absolute Gasteiger partial charge is 0.238 e. The van der Waals surface area contributed by atoms with Crippen molar-refractivity contribution in [2.24, 2.45) is 14.1 Å². The summed E-state index contributed by atoms with van der Waals surface area (Å²) < 4.78 is 16.1. The van der Waals surface area contributed by atoms with Gasteiger partial charge in [0.05, 0.1) is 66.2 Å². The van der Waals surface area contributed by atoms with Crippen molar-refractivity contribution >= 4 is 174 Å². The van der Waals surface area contributed by atoms with E-state index in [1.54, 1.807) is 0 Å². The molecule has 0 aliphatic rings. The number of aromatic nitrogens is 14. The van der Waals surface area contributed by atoms with Crippen LogP contribution >= 0.6 is 0 Å². The Morgan fingerprint density at radius 1 is 0.167 bits per heavy atom. The number of benzene rings is 19. The van der Waals surface area contributed by atoms with Gasteiger partial charge in [-0.15, -0.1) is 0 Å². The quantitative estimate of drug-likeness (QED) is 0.153. The lowest BCUT2D eigenvalue weighted by Crippen LogP contribution is -2.06.